The van der Waals surface area contributed by atoms with Crippen LogP contribution in [0.5, 0.6) is 0 Å². The zero-order valence-corrected chi connectivity index (χ0v) is 17.2. The zero-order valence-electron chi connectivity index (χ0n) is 17.2. The van der Waals surface area contributed by atoms with E-state index in [9.17, 15) is 9.18 Å². The van der Waals surface area contributed by atoms with E-state index in [0.29, 0.717) is 23.7 Å². The SMILES string of the molecule is CNc1nc(NCc2ccc(NC(=O)c3cc(F)ccc3C)cc2)c2ccccc2n1. The van der Waals surface area contributed by atoms with Gasteiger partial charge in [0.05, 0.1) is 5.52 Å². The molecule has 0 saturated heterocycles. The van der Waals surface area contributed by atoms with E-state index in [1.54, 1.807) is 20.0 Å². The lowest BCUT2D eigenvalue weighted by molar-refractivity contribution is 0.102. The summed E-state index contributed by atoms with van der Waals surface area (Å²) in [7, 11) is 1.78. The number of amides is 1. The Balaban J connectivity index is 1.45. The summed E-state index contributed by atoms with van der Waals surface area (Å²) in [6.45, 7) is 2.33. The largest absolute Gasteiger partial charge is 0.365 e. The monoisotopic (exact) mass is 415 g/mol. The van der Waals surface area contributed by atoms with Crippen molar-refractivity contribution in [2.75, 3.05) is 23.0 Å². The molecular formula is C24H22FN5O. The summed E-state index contributed by atoms with van der Waals surface area (Å²) < 4.78 is 13.5. The number of aryl methyl sites for hydroxylation is 1. The average Bonchev–Trinajstić information content (AvgIpc) is 2.79. The fourth-order valence-corrected chi connectivity index (χ4v) is 3.25. The van der Waals surface area contributed by atoms with Gasteiger partial charge in [0, 0.05) is 30.2 Å². The standard InChI is InChI=1S/C24H22FN5O/c1-15-7-10-17(25)13-20(15)23(31)28-18-11-8-16(9-12-18)14-27-22-19-5-3-4-6-21(19)29-24(26-2)30-22/h3-13H,14H2,1-2H3,(H,28,31)(H2,26,27,29,30). The first-order chi connectivity index (χ1) is 15.0. The molecule has 0 bridgehead atoms. The number of anilines is 3. The minimum Gasteiger partial charge on any atom is -0.365 e. The number of halogens is 1. The van der Waals surface area contributed by atoms with Crippen LogP contribution in [0.25, 0.3) is 10.9 Å². The topological polar surface area (TPSA) is 78.9 Å². The number of nitrogens with zero attached hydrogens (tertiary/aromatic N) is 2. The Morgan fingerprint density at radius 3 is 2.55 bits per heavy atom. The van der Waals surface area contributed by atoms with Gasteiger partial charge in [-0.15, -0.1) is 0 Å². The van der Waals surface area contributed by atoms with Crippen LogP contribution in [0.1, 0.15) is 21.5 Å². The van der Waals surface area contributed by atoms with Crippen LogP contribution in [0, 0.1) is 12.7 Å². The second-order valence-electron chi connectivity index (χ2n) is 7.13. The molecule has 4 aromatic rings. The van der Waals surface area contributed by atoms with Crippen molar-refractivity contribution in [1.29, 1.82) is 0 Å². The number of benzene rings is 3. The van der Waals surface area contributed by atoms with E-state index in [1.165, 1.54) is 12.1 Å². The maximum atomic E-state index is 13.5. The van der Waals surface area contributed by atoms with Crippen molar-refractivity contribution in [3.05, 3.63) is 89.2 Å². The van der Waals surface area contributed by atoms with Crippen LogP contribution in [0.3, 0.4) is 0 Å². The van der Waals surface area contributed by atoms with E-state index in [-0.39, 0.29) is 5.91 Å². The molecule has 4 rings (SSSR count). The normalized spacial score (nSPS) is 10.7. The van der Waals surface area contributed by atoms with E-state index >= 15 is 0 Å². The van der Waals surface area contributed by atoms with Crippen LogP contribution in [0.2, 0.25) is 0 Å². The van der Waals surface area contributed by atoms with Crippen LogP contribution in [-0.4, -0.2) is 22.9 Å². The molecule has 1 aromatic heterocycles. The molecular weight excluding hydrogens is 393 g/mol. The first-order valence-electron chi connectivity index (χ1n) is 9.88. The lowest BCUT2D eigenvalue weighted by Gasteiger charge is -2.11. The van der Waals surface area contributed by atoms with Gasteiger partial charge in [-0.2, -0.15) is 4.98 Å². The first-order valence-corrected chi connectivity index (χ1v) is 9.88. The van der Waals surface area contributed by atoms with E-state index < -0.39 is 5.82 Å². The number of carbonyl (C=O) groups is 1. The van der Waals surface area contributed by atoms with E-state index in [1.807, 2.05) is 48.5 Å². The highest BCUT2D eigenvalue weighted by Gasteiger charge is 2.11. The summed E-state index contributed by atoms with van der Waals surface area (Å²) in [4.78, 5) is 21.4. The van der Waals surface area contributed by atoms with Gasteiger partial charge in [-0.1, -0.05) is 30.3 Å². The van der Waals surface area contributed by atoms with Crippen molar-refractivity contribution < 1.29 is 9.18 Å². The Bertz CT molecular complexity index is 1240. The second-order valence-corrected chi connectivity index (χ2v) is 7.13. The van der Waals surface area contributed by atoms with E-state index in [4.69, 9.17) is 0 Å². The third-order valence-corrected chi connectivity index (χ3v) is 4.94. The van der Waals surface area contributed by atoms with Crippen molar-refractivity contribution in [2.45, 2.75) is 13.5 Å². The smallest absolute Gasteiger partial charge is 0.256 e. The Morgan fingerprint density at radius 1 is 1.00 bits per heavy atom. The fraction of sp³-hybridized carbons (Fsp3) is 0.125. The van der Waals surface area contributed by atoms with E-state index in [2.05, 4.69) is 25.9 Å². The minimum absolute atomic E-state index is 0.321. The summed E-state index contributed by atoms with van der Waals surface area (Å²) in [5, 5.41) is 10.1. The number of hydrogen-bond acceptors (Lipinski definition) is 5. The molecule has 1 amide bonds. The quantitative estimate of drug-likeness (QED) is 0.414. The lowest BCUT2D eigenvalue weighted by atomic mass is 10.1. The number of carbonyl (C=O) groups excluding carboxylic acids is 1. The first kappa shape index (κ1) is 20.3. The third kappa shape index (κ3) is 4.61. The van der Waals surface area contributed by atoms with Crippen molar-refractivity contribution >= 4 is 34.3 Å². The molecule has 0 aliphatic rings. The highest BCUT2D eigenvalue weighted by Crippen LogP contribution is 2.22. The van der Waals surface area contributed by atoms with Gasteiger partial charge in [0.2, 0.25) is 5.95 Å². The minimum atomic E-state index is -0.434. The van der Waals surface area contributed by atoms with Crippen LogP contribution in [-0.2, 0) is 6.54 Å². The maximum absolute atomic E-state index is 13.5. The van der Waals surface area contributed by atoms with Gasteiger partial charge in [0.1, 0.15) is 11.6 Å². The number of rotatable bonds is 6. The predicted octanol–water partition coefficient (Wildman–Crippen LogP) is 4.98. The summed E-state index contributed by atoms with van der Waals surface area (Å²) in [6, 6.07) is 19.5. The Morgan fingerprint density at radius 2 is 1.77 bits per heavy atom. The molecule has 0 spiro atoms. The van der Waals surface area contributed by atoms with Crippen molar-refractivity contribution in [2.24, 2.45) is 0 Å². The Hall–Kier alpha value is -4.00. The molecule has 0 aliphatic carbocycles. The van der Waals surface area contributed by atoms with Crippen LogP contribution in [0.15, 0.2) is 66.7 Å². The molecule has 7 heteroatoms. The van der Waals surface area contributed by atoms with Gasteiger partial charge in [-0.25, -0.2) is 9.37 Å². The molecule has 6 nitrogen and oxygen atoms in total. The predicted molar refractivity (Wildman–Crippen MR) is 122 cm³/mol. The lowest BCUT2D eigenvalue weighted by Crippen LogP contribution is -2.13. The molecule has 1 heterocycles. The van der Waals surface area contributed by atoms with Crippen molar-refractivity contribution in [1.82, 2.24) is 9.97 Å². The highest BCUT2D eigenvalue weighted by atomic mass is 19.1. The Kier molecular flexibility index (Phi) is 5.75. The summed E-state index contributed by atoms with van der Waals surface area (Å²) in [5.41, 5.74) is 3.56. The van der Waals surface area contributed by atoms with Gasteiger partial charge >= 0.3 is 0 Å². The number of aromatic nitrogens is 2. The molecule has 3 N–H and O–H groups in total. The highest BCUT2D eigenvalue weighted by molar-refractivity contribution is 6.05. The van der Waals surface area contributed by atoms with Crippen LogP contribution < -0.4 is 16.0 Å². The molecule has 0 atom stereocenters. The van der Waals surface area contributed by atoms with Gasteiger partial charge in [0.15, 0.2) is 0 Å². The fourth-order valence-electron chi connectivity index (χ4n) is 3.25. The summed E-state index contributed by atoms with van der Waals surface area (Å²) in [6.07, 6.45) is 0. The van der Waals surface area contributed by atoms with Gasteiger partial charge in [-0.05, 0) is 54.4 Å². The zero-order chi connectivity index (χ0) is 21.8. The maximum Gasteiger partial charge on any atom is 0.256 e. The third-order valence-electron chi connectivity index (χ3n) is 4.94. The molecule has 0 radical (unpaired) electrons. The summed E-state index contributed by atoms with van der Waals surface area (Å²) in [5.74, 6) is 0.520. The molecule has 3 aromatic carbocycles. The molecule has 0 aliphatic heterocycles. The van der Waals surface area contributed by atoms with Crippen LogP contribution in [0.4, 0.5) is 21.8 Å². The van der Waals surface area contributed by atoms with E-state index in [0.717, 1.165) is 27.8 Å². The number of nitrogens with one attached hydrogen (secondary N) is 3. The average molecular weight is 415 g/mol. The number of fused-ring (bicyclic) bond motifs is 1. The molecule has 0 fully saturated rings. The molecule has 156 valence electrons. The number of hydrogen-bond donors (Lipinski definition) is 3. The molecule has 0 saturated carbocycles. The van der Waals surface area contributed by atoms with Crippen molar-refractivity contribution in [3.8, 4) is 0 Å². The Labute approximate surface area is 179 Å². The van der Waals surface area contributed by atoms with Gasteiger partial charge in [-0.3, -0.25) is 4.79 Å². The number of para-hydroxylation sites is 1. The summed E-state index contributed by atoms with van der Waals surface area (Å²) >= 11 is 0. The van der Waals surface area contributed by atoms with Gasteiger partial charge < -0.3 is 16.0 Å². The molecule has 31 heavy (non-hydrogen) atoms. The molecule has 0 unspecified atom stereocenters. The van der Waals surface area contributed by atoms with Crippen LogP contribution >= 0.6 is 0 Å². The second kappa shape index (κ2) is 8.79. The van der Waals surface area contributed by atoms with Crippen molar-refractivity contribution in [3.63, 3.8) is 0 Å². The van der Waals surface area contributed by atoms with Gasteiger partial charge in [0.25, 0.3) is 5.91 Å².